The van der Waals surface area contributed by atoms with Gasteiger partial charge in [0.05, 0.1) is 12.6 Å². The number of fused-ring (bicyclic) bond motifs is 1. The molecule has 0 amide bonds. The topological polar surface area (TPSA) is 67.6 Å². The van der Waals surface area contributed by atoms with Crippen molar-refractivity contribution in [2.75, 3.05) is 31.1 Å². The molecule has 2 aromatic rings. The monoisotopic (exact) mass is 368 g/mol. The van der Waals surface area contributed by atoms with Crippen molar-refractivity contribution in [2.45, 2.75) is 45.3 Å². The Labute approximate surface area is 160 Å². The number of aromatic nitrogens is 3. The number of ether oxygens (including phenoxy) is 1. The summed E-state index contributed by atoms with van der Waals surface area (Å²) in [6.45, 7) is 6.25. The maximum atomic E-state index is 5.76. The van der Waals surface area contributed by atoms with Crippen LogP contribution in [0.25, 0.3) is 0 Å². The zero-order chi connectivity index (χ0) is 18.5. The lowest BCUT2D eigenvalue weighted by atomic mass is 10.2. The van der Waals surface area contributed by atoms with Crippen LogP contribution in [0.15, 0.2) is 35.6 Å². The van der Waals surface area contributed by atoms with E-state index in [0.29, 0.717) is 6.54 Å². The molecule has 4 rings (SSSR count). The number of guanidine groups is 1. The summed E-state index contributed by atoms with van der Waals surface area (Å²) < 4.78 is 7.85. The molecule has 0 radical (unpaired) electrons. The van der Waals surface area contributed by atoms with Crippen molar-refractivity contribution < 1.29 is 4.74 Å². The van der Waals surface area contributed by atoms with Gasteiger partial charge in [0.2, 0.25) is 0 Å². The van der Waals surface area contributed by atoms with Crippen LogP contribution < -0.4 is 10.2 Å². The predicted octanol–water partition coefficient (Wildman–Crippen LogP) is 2.03. The molecule has 0 bridgehead atoms. The first kappa shape index (κ1) is 18.0. The Morgan fingerprint density at radius 1 is 1.37 bits per heavy atom. The first-order valence-corrected chi connectivity index (χ1v) is 9.97. The molecule has 1 unspecified atom stereocenters. The number of anilines is 1. The molecule has 1 N–H and O–H groups in total. The second kappa shape index (κ2) is 8.52. The second-order valence-corrected chi connectivity index (χ2v) is 7.05. The SMILES string of the molecule is CCc1nncn1CCNC(=NCC1CCCO1)N1CCc2ccccc21. The molecule has 7 nitrogen and oxygen atoms in total. The van der Waals surface area contributed by atoms with Crippen LogP contribution in [0.3, 0.4) is 0 Å². The maximum absolute atomic E-state index is 5.76. The van der Waals surface area contributed by atoms with Crippen LogP contribution in [-0.4, -0.2) is 53.1 Å². The molecule has 1 fully saturated rings. The second-order valence-electron chi connectivity index (χ2n) is 7.05. The van der Waals surface area contributed by atoms with Crippen molar-refractivity contribution in [2.24, 2.45) is 4.99 Å². The zero-order valence-electron chi connectivity index (χ0n) is 16.0. The molecule has 1 atom stereocenters. The molecule has 2 aliphatic heterocycles. The molecule has 2 aliphatic rings. The number of hydrogen-bond donors (Lipinski definition) is 1. The van der Waals surface area contributed by atoms with E-state index in [4.69, 9.17) is 9.73 Å². The highest BCUT2D eigenvalue weighted by Crippen LogP contribution is 2.27. The zero-order valence-corrected chi connectivity index (χ0v) is 16.0. The minimum Gasteiger partial charge on any atom is -0.376 e. The van der Waals surface area contributed by atoms with Crippen LogP contribution in [-0.2, 0) is 24.1 Å². The quantitative estimate of drug-likeness (QED) is 0.624. The summed E-state index contributed by atoms with van der Waals surface area (Å²) in [6, 6.07) is 8.59. The Kier molecular flexibility index (Phi) is 5.67. The first-order chi connectivity index (χ1) is 13.3. The molecular weight excluding hydrogens is 340 g/mol. The fourth-order valence-electron chi connectivity index (χ4n) is 3.80. The molecule has 0 saturated carbocycles. The van der Waals surface area contributed by atoms with Gasteiger partial charge in [-0.2, -0.15) is 0 Å². The molecule has 0 aliphatic carbocycles. The Bertz CT molecular complexity index is 780. The standard InChI is InChI=1S/C20H28N6O/c1-2-19-24-23-15-25(19)12-10-21-20(22-14-17-7-5-13-27-17)26-11-9-16-6-3-4-8-18(16)26/h3-4,6,8,15,17H,2,5,7,9-14H2,1H3,(H,21,22). The molecule has 0 spiro atoms. The van der Waals surface area contributed by atoms with Gasteiger partial charge in [-0.05, 0) is 30.9 Å². The van der Waals surface area contributed by atoms with Crippen molar-refractivity contribution in [1.29, 1.82) is 0 Å². The molecule has 1 saturated heterocycles. The molecular formula is C20H28N6O. The molecule has 144 valence electrons. The van der Waals surface area contributed by atoms with E-state index in [1.807, 2.05) is 0 Å². The third-order valence-corrected chi connectivity index (χ3v) is 5.26. The number of benzene rings is 1. The molecule has 27 heavy (non-hydrogen) atoms. The summed E-state index contributed by atoms with van der Waals surface area (Å²) in [5, 5.41) is 11.7. The van der Waals surface area contributed by atoms with E-state index in [-0.39, 0.29) is 6.10 Å². The lowest BCUT2D eigenvalue weighted by Gasteiger charge is -2.23. The van der Waals surface area contributed by atoms with Gasteiger partial charge in [0.15, 0.2) is 5.96 Å². The lowest BCUT2D eigenvalue weighted by molar-refractivity contribution is 0.117. The normalized spacial score (nSPS) is 19.5. The summed E-state index contributed by atoms with van der Waals surface area (Å²) in [7, 11) is 0. The van der Waals surface area contributed by atoms with Crippen LogP contribution in [0.1, 0.15) is 31.2 Å². The van der Waals surface area contributed by atoms with Gasteiger partial charge in [0, 0.05) is 38.3 Å². The predicted molar refractivity (Wildman–Crippen MR) is 106 cm³/mol. The van der Waals surface area contributed by atoms with Gasteiger partial charge in [-0.25, -0.2) is 0 Å². The lowest BCUT2D eigenvalue weighted by Crippen LogP contribution is -2.42. The third-order valence-electron chi connectivity index (χ3n) is 5.26. The molecule has 3 heterocycles. The highest BCUT2D eigenvalue weighted by molar-refractivity contribution is 5.98. The first-order valence-electron chi connectivity index (χ1n) is 9.97. The summed E-state index contributed by atoms with van der Waals surface area (Å²) in [6.07, 6.45) is 6.25. The van der Waals surface area contributed by atoms with Crippen molar-refractivity contribution >= 4 is 11.6 Å². The number of aliphatic imine (C=N–C) groups is 1. The molecule has 1 aromatic heterocycles. The smallest absolute Gasteiger partial charge is 0.198 e. The van der Waals surface area contributed by atoms with Crippen molar-refractivity contribution in [3.05, 3.63) is 42.0 Å². The van der Waals surface area contributed by atoms with Gasteiger partial charge >= 0.3 is 0 Å². The minimum absolute atomic E-state index is 0.254. The Balaban J connectivity index is 1.45. The summed E-state index contributed by atoms with van der Waals surface area (Å²) in [5.41, 5.74) is 2.64. The van der Waals surface area contributed by atoms with E-state index in [1.54, 1.807) is 6.33 Å². The van der Waals surface area contributed by atoms with Gasteiger partial charge in [-0.15, -0.1) is 10.2 Å². The molecule has 1 aromatic carbocycles. The van der Waals surface area contributed by atoms with Crippen LogP contribution >= 0.6 is 0 Å². The van der Waals surface area contributed by atoms with Crippen LogP contribution in [0.5, 0.6) is 0 Å². The Hall–Kier alpha value is -2.41. The van der Waals surface area contributed by atoms with Crippen LogP contribution in [0, 0.1) is 0 Å². The van der Waals surface area contributed by atoms with Gasteiger partial charge in [-0.3, -0.25) is 4.99 Å². The van der Waals surface area contributed by atoms with Crippen LogP contribution in [0.4, 0.5) is 5.69 Å². The highest BCUT2D eigenvalue weighted by Gasteiger charge is 2.23. The number of hydrogen-bond acceptors (Lipinski definition) is 4. The fraction of sp³-hybridized carbons (Fsp3) is 0.550. The van der Waals surface area contributed by atoms with Crippen molar-refractivity contribution in [3.63, 3.8) is 0 Å². The highest BCUT2D eigenvalue weighted by atomic mass is 16.5. The van der Waals surface area contributed by atoms with Gasteiger partial charge in [0.25, 0.3) is 0 Å². The van der Waals surface area contributed by atoms with Crippen LogP contribution in [0.2, 0.25) is 0 Å². The average Bonchev–Trinajstić information content (AvgIpc) is 3.45. The van der Waals surface area contributed by atoms with E-state index >= 15 is 0 Å². The van der Waals surface area contributed by atoms with E-state index in [1.165, 1.54) is 11.3 Å². The van der Waals surface area contributed by atoms with Crippen molar-refractivity contribution in [1.82, 2.24) is 20.1 Å². The fourth-order valence-corrected chi connectivity index (χ4v) is 3.80. The number of nitrogens with one attached hydrogen (secondary N) is 1. The number of aryl methyl sites for hydroxylation is 1. The largest absolute Gasteiger partial charge is 0.376 e. The number of rotatable bonds is 6. The van der Waals surface area contributed by atoms with Crippen molar-refractivity contribution in [3.8, 4) is 0 Å². The van der Waals surface area contributed by atoms with E-state index in [0.717, 1.165) is 63.7 Å². The third kappa shape index (κ3) is 4.13. The average molecular weight is 368 g/mol. The molecule has 7 heteroatoms. The van der Waals surface area contributed by atoms with E-state index < -0.39 is 0 Å². The van der Waals surface area contributed by atoms with Gasteiger partial charge in [-0.1, -0.05) is 25.1 Å². The van der Waals surface area contributed by atoms with E-state index in [9.17, 15) is 0 Å². The minimum atomic E-state index is 0.254. The Morgan fingerprint density at radius 2 is 2.30 bits per heavy atom. The summed E-state index contributed by atoms with van der Waals surface area (Å²) in [5.74, 6) is 1.96. The number of para-hydroxylation sites is 1. The Morgan fingerprint density at radius 3 is 3.15 bits per heavy atom. The summed E-state index contributed by atoms with van der Waals surface area (Å²) in [4.78, 5) is 7.22. The van der Waals surface area contributed by atoms with Gasteiger partial charge in [0.1, 0.15) is 12.2 Å². The maximum Gasteiger partial charge on any atom is 0.198 e. The van der Waals surface area contributed by atoms with Gasteiger partial charge < -0.3 is 19.5 Å². The summed E-state index contributed by atoms with van der Waals surface area (Å²) >= 11 is 0. The van der Waals surface area contributed by atoms with E-state index in [2.05, 4.69) is 56.2 Å². The number of nitrogens with zero attached hydrogens (tertiary/aromatic N) is 5.